The highest BCUT2D eigenvalue weighted by Crippen LogP contribution is 2.29. The van der Waals surface area contributed by atoms with Crippen LogP contribution in [0.25, 0.3) is 10.8 Å². The number of imide groups is 1. The average Bonchev–Trinajstić information content (AvgIpc) is 2.76. The van der Waals surface area contributed by atoms with Crippen molar-refractivity contribution in [1.82, 2.24) is 9.62 Å². The molecule has 2 N–H and O–H groups in total. The number of carboxylic acid groups (broad SMARTS) is 1. The van der Waals surface area contributed by atoms with Crippen LogP contribution in [-0.4, -0.2) is 49.3 Å². The van der Waals surface area contributed by atoms with Gasteiger partial charge in [-0.05, 0) is 36.1 Å². The second-order valence-electron chi connectivity index (χ2n) is 7.02. The maximum absolute atomic E-state index is 12.8. The Morgan fingerprint density at radius 2 is 1.52 bits per heavy atom. The van der Waals surface area contributed by atoms with Crippen molar-refractivity contribution in [2.24, 2.45) is 0 Å². The highest BCUT2D eigenvalue weighted by Gasteiger charge is 2.32. The standard InChI is InChI=1S/C22H18N2O6S/c25-20-16-9-3-6-14-7-4-10-17(19(14)16)21(26)24(20)13-5-12-23-31(29,30)18-11-2-1-8-15(18)22(27)28/h1-4,6-11,23H,5,12-13H2,(H,27,28). The number of sulfonamides is 1. The maximum atomic E-state index is 12.8. The van der Waals surface area contributed by atoms with E-state index in [1.807, 2.05) is 12.1 Å². The molecule has 3 aromatic rings. The summed E-state index contributed by atoms with van der Waals surface area (Å²) in [6.45, 7) is -0.0509. The summed E-state index contributed by atoms with van der Waals surface area (Å²) in [5.41, 5.74) is 0.536. The van der Waals surface area contributed by atoms with Gasteiger partial charge in [0.2, 0.25) is 10.0 Å². The molecule has 0 unspecified atom stereocenters. The van der Waals surface area contributed by atoms with E-state index in [4.69, 9.17) is 0 Å². The summed E-state index contributed by atoms with van der Waals surface area (Å²) < 4.78 is 27.3. The normalized spacial score (nSPS) is 13.6. The number of rotatable bonds is 7. The Morgan fingerprint density at radius 3 is 2.13 bits per heavy atom. The molecule has 0 spiro atoms. The van der Waals surface area contributed by atoms with Crippen molar-refractivity contribution in [3.8, 4) is 0 Å². The predicted molar refractivity (Wildman–Crippen MR) is 113 cm³/mol. The van der Waals surface area contributed by atoms with Crippen LogP contribution < -0.4 is 4.72 Å². The summed E-state index contributed by atoms with van der Waals surface area (Å²) in [6.07, 6.45) is 0.171. The summed E-state index contributed by atoms with van der Waals surface area (Å²) in [5.74, 6) is -2.19. The Morgan fingerprint density at radius 1 is 0.903 bits per heavy atom. The molecule has 0 aromatic heterocycles. The van der Waals surface area contributed by atoms with Crippen LogP contribution in [0.5, 0.6) is 0 Å². The first-order valence-electron chi connectivity index (χ1n) is 9.51. The number of amides is 2. The molecule has 1 aliphatic heterocycles. The molecule has 0 atom stereocenters. The van der Waals surface area contributed by atoms with Gasteiger partial charge in [-0.2, -0.15) is 0 Å². The zero-order valence-corrected chi connectivity index (χ0v) is 17.1. The Balaban J connectivity index is 1.47. The zero-order chi connectivity index (χ0) is 22.2. The quantitative estimate of drug-likeness (QED) is 0.432. The summed E-state index contributed by atoms with van der Waals surface area (Å²) in [7, 11) is -4.07. The van der Waals surface area contributed by atoms with Gasteiger partial charge in [-0.1, -0.05) is 36.4 Å². The smallest absolute Gasteiger partial charge is 0.337 e. The lowest BCUT2D eigenvalue weighted by molar-refractivity contribution is 0.0607. The molecule has 1 aliphatic rings. The fraction of sp³-hybridized carbons (Fsp3) is 0.136. The fourth-order valence-corrected chi connectivity index (χ4v) is 4.95. The monoisotopic (exact) mass is 438 g/mol. The Kier molecular flexibility index (Phi) is 5.30. The van der Waals surface area contributed by atoms with Gasteiger partial charge in [-0.25, -0.2) is 17.9 Å². The van der Waals surface area contributed by atoms with E-state index in [2.05, 4.69) is 4.72 Å². The molecular weight excluding hydrogens is 420 g/mol. The van der Waals surface area contributed by atoms with Gasteiger partial charge < -0.3 is 5.11 Å². The number of carbonyl (C=O) groups excluding carboxylic acids is 2. The van der Waals surface area contributed by atoms with E-state index in [1.165, 1.54) is 24.3 Å². The van der Waals surface area contributed by atoms with Crippen molar-refractivity contribution < 1.29 is 27.9 Å². The van der Waals surface area contributed by atoms with Gasteiger partial charge in [0.15, 0.2) is 0 Å². The SMILES string of the molecule is O=C(O)c1ccccc1S(=O)(=O)NCCCN1C(=O)c2cccc3cccc(c23)C1=O. The molecule has 9 heteroatoms. The minimum atomic E-state index is -4.07. The first-order chi connectivity index (χ1) is 14.8. The van der Waals surface area contributed by atoms with Crippen LogP contribution in [-0.2, 0) is 10.0 Å². The third kappa shape index (κ3) is 3.69. The molecule has 31 heavy (non-hydrogen) atoms. The lowest BCUT2D eigenvalue weighted by Gasteiger charge is -2.27. The van der Waals surface area contributed by atoms with Crippen LogP contribution in [0.3, 0.4) is 0 Å². The molecule has 2 amide bonds. The Bertz CT molecular complexity index is 1280. The van der Waals surface area contributed by atoms with Crippen molar-refractivity contribution in [2.45, 2.75) is 11.3 Å². The van der Waals surface area contributed by atoms with Gasteiger partial charge in [-0.15, -0.1) is 0 Å². The summed E-state index contributed by atoms with van der Waals surface area (Å²) in [4.78, 5) is 37.7. The Hall–Kier alpha value is -3.56. The third-order valence-corrected chi connectivity index (χ3v) is 6.63. The molecule has 0 fully saturated rings. The summed E-state index contributed by atoms with van der Waals surface area (Å²) in [6, 6.07) is 15.8. The second-order valence-corrected chi connectivity index (χ2v) is 8.76. The number of aromatic carboxylic acids is 1. The zero-order valence-electron chi connectivity index (χ0n) is 16.2. The second kappa shape index (κ2) is 7.93. The van der Waals surface area contributed by atoms with Crippen molar-refractivity contribution >= 4 is 38.6 Å². The van der Waals surface area contributed by atoms with E-state index in [9.17, 15) is 27.9 Å². The van der Waals surface area contributed by atoms with E-state index in [0.717, 1.165) is 10.3 Å². The van der Waals surface area contributed by atoms with E-state index >= 15 is 0 Å². The number of benzene rings is 3. The van der Waals surface area contributed by atoms with E-state index < -0.39 is 27.8 Å². The topological polar surface area (TPSA) is 121 Å². The largest absolute Gasteiger partial charge is 0.478 e. The van der Waals surface area contributed by atoms with E-state index in [-0.39, 0.29) is 30.0 Å². The molecule has 8 nitrogen and oxygen atoms in total. The molecule has 0 bridgehead atoms. The van der Waals surface area contributed by atoms with Gasteiger partial charge in [0.1, 0.15) is 0 Å². The van der Waals surface area contributed by atoms with E-state index in [1.54, 1.807) is 24.3 Å². The number of hydrogen-bond donors (Lipinski definition) is 2. The van der Waals surface area contributed by atoms with Crippen molar-refractivity contribution in [3.05, 3.63) is 77.4 Å². The van der Waals surface area contributed by atoms with Crippen LogP contribution >= 0.6 is 0 Å². The first kappa shape index (κ1) is 20.7. The highest BCUT2D eigenvalue weighted by molar-refractivity contribution is 7.89. The third-order valence-electron chi connectivity index (χ3n) is 5.11. The van der Waals surface area contributed by atoms with Gasteiger partial charge in [0.25, 0.3) is 11.8 Å². The predicted octanol–water partition coefficient (Wildman–Crippen LogP) is 2.50. The molecule has 0 radical (unpaired) electrons. The molecule has 158 valence electrons. The minimum absolute atomic E-state index is 0.0193. The highest BCUT2D eigenvalue weighted by atomic mass is 32.2. The molecule has 1 heterocycles. The van der Waals surface area contributed by atoms with Gasteiger partial charge in [0.05, 0.1) is 10.5 Å². The lowest BCUT2D eigenvalue weighted by Crippen LogP contribution is -2.41. The molecule has 0 saturated carbocycles. The maximum Gasteiger partial charge on any atom is 0.337 e. The van der Waals surface area contributed by atoms with Crippen LogP contribution in [0.15, 0.2) is 65.6 Å². The summed E-state index contributed by atoms with van der Waals surface area (Å²) >= 11 is 0. The van der Waals surface area contributed by atoms with Crippen molar-refractivity contribution in [1.29, 1.82) is 0 Å². The number of carboxylic acids is 1. The van der Waals surface area contributed by atoms with Crippen molar-refractivity contribution in [2.75, 3.05) is 13.1 Å². The van der Waals surface area contributed by atoms with Crippen LogP contribution in [0, 0.1) is 0 Å². The Labute approximate surface area is 178 Å². The lowest BCUT2D eigenvalue weighted by atomic mass is 9.94. The summed E-state index contributed by atoms with van der Waals surface area (Å²) in [5, 5.41) is 10.6. The van der Waals surface area contributed by atoms with Crippen LogP contribution in [0.4, 0.5) is 0 Å². The first-order valence-corrected chi connectivity index (χ1v) is 11.0. The number of nitrogens with one attached hydrogen (secondary N) is 1. The van der Waals surface area contributed by atoms with Gasteiger partial charge in [0, 0.05) is 29.6 Å². The van der Waals surface area contributed by atoms with Gasteiger partial charge in [-0.3, -0.25) is 14.5 Å². The molecule has 3 aromatic carbocycles. The van der Waals surface area contributed by atoms with Crippen molar-refractivity contribution in [3.63, 3.8) is 0 Å². The van der Waals surface area contributed by atoms with Crippen LogP contribution in [0.1, 0.15) is 37.5 Å². The number of nitrogens with zero attached hydrogens (tertiary/aromatic N) is 1. The number of hydrogen-bond acceptors (Lipinski definition) is 5. The minimum Gasteiger partial charge on any atom is -0.478 e. The van der Waals surface area contributed by atoms with Crippen LogP contribution in [0.2, 0.25) is 0 Å². The molecule has 0 aliphatic carbocycles. The fourth-order valence-electron chi connectivity index (χ4n) is 3.68. The number of carbonyl (C=O) groups is 3. The molecule has 4 rings (SSSR count). The molecular formula is C22H18N2O6S. The average molecular weight is 438 g/mol. The van der Waals surface area contributed by atoms with E-state index in [0.29, 0.717) is 16.5 Å². The molecule has 0 saturated heterocycles. The van der Waals surface area contributed by atoms with Gasteiger partial charge >= 0.3 is 5.97 Å².